The molecule has 0 spiro atoms. The van der Waals surface area contributed by atoms with Crippen LogP contribution in [0.4, 0.5) is 0 Å². The van der Waals surface area contributed by atoms with Gasteiger partial charge in [-0.15, -0.1) is 0 Å². The summed E-state index contributed by atoms with van der Waals surface area (Å²) in [6, 6.07) is 48.1. The standard InChI is InChI=1S/C42H38NO3Si/c1-41(2,3)33-25-16-26-34(36(33)29-17-8-4-9-18-29)42(46-47,32-23-14-7-15-24-32)35-27-28-44-39(35)40-43-37(30-19-10-5-11-20-30)38(45-40)31-21-12-6-13-22-31/h4-26,35,39H,27-28H2,1-3H3. The van der Waals surface area contributed by atoms with Crippen molar-refractivity contribution in [2.24, 2.45) is 5.92 Å². The number of aromatic nitrogens is 1. The lowest BCUT2D eigenvalue weighted by molar-refractivity contribution is -0.0134. The van der Waals surface area contributed by atoms with E-state index in [4.69, 9.17) is 18.6 Å². The molecule has 3 atom stereocenters. The molecule has 0 bridgehead atoms. The lowest BCUT2D eigenvalue weighted by atomic mass is 9.68. The summed E-state index contributed by atoms with van der Waals surface area (Å²) in [6.07, 6.45) is 0.259. The van der Waals surface area contributed by atoms with E-state index in [9.17, 15) is 0 Å². The van der Waals surface area contributed by atoms with E-state index < -0.39 is 11.7 Å². The minimum Gasteiger partial charge on any atom is -0.437 e. The van der Waals surface area contributed by atoms with Gasteiger partial charge >= 0.3 is 0 Å². The van der Waals surface area contributed by atoms with E-state index in [1.54, 1.807) is 0 Å². The van der Waals surface area contributed by atoms with Crippen molar-refractivity contribution in [1.82, 2.24) is 4.98 Å². The van der Waals surface area contributed by atoms with Crippen LogP contribution in [0.15, 0.2) is 144 Å². The Morgan fingerprint density at radius 2 is 1.21 bits per heavy atom. The van der Waals surface area contributed by atoms with E-state index in [1.165, 1.54) is 5.56 Å². The quantitative estimate of drug-likeness (QED) is 0.157. The van der Waals surface area contributed by atoms with Crippen LogP contribution in [0.5, 0.6) is 0 Å². The van der Waals surface area contributed by atoms with Crippen LogP contribution in [0.3, 0.4) is 0 Å². The third-order valence-electron chi connectivity index (χ3n) is 9.28. The average Bonchev–Trinajstić information content (AvgIpc) is 3.79. The van der Waals surface area contributed by atoms with Gasteiger partial charge in [0.15, 0.2) is 5.76 Å². The number of benzene rings is 5. The van der Waals surface area contributed by atoms with Gasteiger partial charge in [-0.25, -0.2) is 4.98 Å². The molecule has 2 heterocycles. The van der Waals surface area contributed by atoms with Crippen molar-refractivity contribution in [3.05, 3.63) is 162 Å². The first-order valence-electron chi connectivity index (χ1n) is 16.2. The van der Waals surface area contributed by atoms with Gasteiger partial charge < -0.3 is 13.6 Å². The Morgan fingerprint density at radius 1 is 0.660 bits per heavy atom. The summed E-state index contributed by atoms with van der Waals surface area (Å²) in [5, 5.41) is 0. The van der Waals surface area contributed by atoms with E-state index in [2.05, 4.69) is 128 Å². The van der Waals surface area contributed by atoms with Crippen LogP contribution in [0, 0.1) is 5.92 Å². The second-order valence-corrected chi connectivity index (χ2v) is 13.4. The number of nitrogens with zero attached hydrogens (tertiary/aromatic N) is 1. The smallest absolute Gasteiger partial charge is 0.248 e. The normalized spacial score (nSPS) is 17.8. The van der Waals surface area contributed by atoms with Crippen molar-refractivity contribution < 1.29 is 13.6 Å². The number of hydrogen-bond acceptors (Lipinski definition) is 4. The van der Waals surface area contributed by atoms with E-state index in [1.807, 2.05) is 42.5 Å². The highest BCUT2D eigenvalue weighted by Crippen LogP contribution is 2.54. The molecule has 1 fully saturated rings. The third kappa shape index (κ3) is 5.69. The molecule has 47 heavy (non-hydrogen) atoms. The molecular formula is C42H38NO3Si. The van der Waals surface area contributed by atoms with Crippen molar-refractivity contribution in [3.63, 3.8) is 0 Å². The molecule has 233 valence electrons. The number of hydrogen-bond donors (Lipinski definition) is 0. The van der Waals surface area contributed by atoms with Crippen molar-refractivity contribution in [3.8, 4) is 33.7 Å². The van der Waals surface area contributed by atoms with Crippen LogP contribution in [-0.4, -0.2) is 22.1 Å². The summed E-state index contributed by atoms with van der Waals surface area (Å²) in [5.41, 5.74) is 7.31. The number of oxazole rings is 1. The summed E-state index contributed by atoms with van der Waals surface area (Å²) in [6.45, 7) is 7.34. The van der Waals surface area contributed by atoms with Crippen molar-refractivity contribution in [2.75, 3.05) is 6.61 Å². The molecular weight excluding hydrogens is 595 g/mol. The predicted octanol–water partition coefficient (Wildman–Crippen LogP) is 10.1. The second-order valence-electron chi connectivity index (χ2n) is 13.2. The highest BCUT2D eigenvalue weighted by Gasteiger charge is 2.52. The van der Waals surface area contributed by atoms with Crippen LogP contribution >= 0.6 is 0 Å². The fourth-order valence-electron chi connectivity index (χ4n) is 7.13. The molecule has 7 rings (SSSR count). The zero-order valence-electron chi connectivity index (χ0n) is 27.0. The van der Waals surface area contributed by atoms with Gasteiger partial charge in [0.2, 0.25) is 16.4 Å². The van der Waals surface area contributed by atoms with Gasteiger partial charge in [0, 0.05) is 23.7 Å². The van der Waals surface area contributed by atoms with Crippen LogP contribution < -0.4 is 0 Å². The van der Waals surface area contributed by atoms with Gasteiger partial charge in [0.05, 0.1) is 0 Å². The fraction of sp³-hybridized carbons (Fsp3) is 0.214. The van der Waals surface area contributed by atoms with Gasteiger partial charge in [0.25, 0.3) is 0 Å². The summed E-state index contributed by atoms with van der Waals surface area (Å²) in [4.78, 5) is 5.20. The molecule has 1 saturated heterocycles. The maximum Gasteiger partial charge on any atom is 0.248 e. The molecule has 1 aliphatic rings. The van der Waals surface area contributed by atoms with E-state index in [-0.39, 0.29) is 11.3 Å². The molecule has 0 amide bonds. The highest BCUT2D eigenvalue weighted by molar-refractivity contribution is 5.99. The zero-order chi connectivity index (χ0) is 32.4. The monoisotopic (exact) mass is 632 g/mol. The maximum atomic E-state index is 6.77. The van der Waals surface area contributed by atoms with Gasteiger partial charge in [-0.3, -0.25) is 0 Å². The van der Waals surface area contributed by atoms with Gasteiger partial charge in [-0.2, -0.15) is 0 Å². The van der Waals surface area contributed by atoms with Crippen LogP contribution in [-0.2, 0) is 20.2 Å². The molecule has 3 unspecified atom stereocenters. The summed E-state index contributed by atoms with van der Waals surface area (Å²) < 4.78 is 20.1. The molecule has 1 aliphatic heterocycles. The maximum absolute atomic E-state index is 6.77. The Morgan fingerprint density at radius 3 is 1.81 bits per heavy atom. The second kappa shape index (κ2) is 12.9. The van der Waals surface area contributed by atoms with Gasteiger partial charge in [-0.05, 0) is 39.7 Å². The SMILES string of the molecule is CC(C)(C)c1cccc(C(O[Si])(c2ccccc2)C2CCOC2c2nc(-c3ccccc3)c(-c3ccccc3)o2)c1-c1ccccc1. The molecule has 0 saturated carbocycles. The Bertz CT molecular complexity index is 1880. The van der Waals surface area contributed by atoms with Crippen molar-refractivity contribution >= 4 is 10.5 Å². The molecule has 4 nitrogen and oxygen atoms in total. The predicted molar refractivity (Wildman–Crippen MR) is 189 cm³/mol. The van der Waals surface area contributed by atoms with Gasteiger partial charge in [-0.1, -0.05) is 160 Å². The zero-order valence-corrected chi connectivity index (χ0v) is 28.0. The fourth-order valence-corrected chi connectivity index (χ4v) is 7.51. The third-order valence-corrected chi connectivity index (χ3v) is 9.60. The van der Waals surface area contributed by atoms with Crippen LogP contribution in [0.1, 0.15) is 55.9 Å². The first-order valence-corrected chi connectivity index (χ1v) is 16.7. The first-order chi connectivity index (χ1) is 22.9. The Labute approximate surface area is 281 Å². The van der Waals surface area contributed by atoms with Crippen molar-refractivity contribution in [2.45, 2.75) is 44.3 Å². The summed E-state index contributed by atoms with van der Waals surface area (Å²) in [7, 11) is 3.69. The molecule has 0 N–H and O–H groups in total. The Kier molecular flexibility index (Phi) is 8.54. The van der Waals surface area contributed by atoms with Crippen LogP contribution in [0.2, 0.25) is 0 Å². The minimum atomic E-state index is -0.958. The van der Waals surface area contributed by atoms with Gasteiger partial charge in [0.1, 0.15) is 17.4 Å². The number of rotatable bonds is 8. The van der Waals surface area contributed by atoms with E-state index in [0.29, 0.717) is 12.5 Å². The molecule has 5 aromatic carbocycles. The van der Waals surface area contributed by atoms with Crippen LogP contribution in [0.25, 0.3) is 33.7 Å². The number of ether oxygens (including phenoxy) is 1. The summed E-state index contributed by atoms with van der Waals surface area (Å²) >= 11 is 0. The minimum absolute atomic E-state index is 0.126. The first kappa shape index (κ1) is 31.1. The molecule has 1 aromatic heterocycles. The summed E-state index contributed by atoms with van der Waals surface area (Å²) in [5.74, 6) is 1.08. The Balaban J connectivity index is 1.47. The van der Waals surface area contributed by atoms with E-state index >= 15 is 0 Å². The van der Waals surface area contributed by atoms with E-state index in [0.717, 1.165) is 51.3 Å². The topological polar surface area (TPSA) is 44.5 Å². The molecule has 6 aromatic rings. The molecule has 0 aliphatic carbocycles. The average molecular weight is 633 g/mol. The molecule has 5 heteroatoms. The lowest BCUT2D eigenvalue weighted by Gasteiger charge is -2.43. The largest absolute Gasteiger partial charge is 0.437 e. The highest BCUT2D eigenvalue weighted by atomic mass is 28.2. The Hall–Kier alpha value is -4.55. The lowest BCUT2D eigenvalue weighted by Crippen LogP contribution is -2.41. The molecule has 3 radical (unpaired) electrons. The van der Waals surface area contributed by atoms with Crippen molar-refractivity contribution in [1.29, 1.82) is 0 Å².